The third-order valence-corrected chi connectivity index (χ3v) is 10.1. The second-order valence-corrected chi connectivity index (χ2v) is 13.9. The Kier molecular flexibility index (Phi) is 15.1. The maximum atomic E-state index is 12.9. The molecule has 1 aromatic carbocycles. The number of carbonyl (C=O) groups excluding carboxylic acids is 2. The number of anilines is 2. The zero-order chi connectivity index (χ0) is 36.9. The molecular weight excluding hydrogens is 678 g/mol. The summed E-state index contributed by atoms with van der Waals surface area (Å²) in [6.07, 6.45) is 3.31. The van der Waals surface area contributed by atoms with Crippen molar-refractivity contribution < 1.29 is 34.4 Å². The molecule has 0 bridgehead atoms. The van der Waals surface area contributed by atoms with Crippen LogP contribution in [0.5, 0.6) is 5.75 Å². The van der Waals surface area contributed by atoms with Gasteiger partial charge in [0, 0.05) is 76.2 Å². The molecule has 2 aromatic heterocycles. The van der Waals surface area contributed by atoms with Gasteiger partial charge in [0.15, 0.2) is 12.1 Å². The normalized spacial score (nSPS) is 14.8. The van der Waals surface area contributed by atoms with E-state index >= 15 is 0 Å². The number of aliphatic hydroxyl groups is 2. The van der Waals surface area contributed by atoms with E-state index in [4.69, 9.17) is 21.3 Å². The molecule has 4 rings (SSSR count). The van der Waals surface area contributed by atoms with Crippen molar-refractivity contribution in [3.05, 3.63) is 41.6 Å². The van der Waals surface area contributed by atoms with Crippen LogP contribution >= 0.6 is 11.8 Å². The topological polar surface area (TPSA) is 234 Å². The summed E-state index contributed by atoms with van der Waals surface area (Å²) in [7, 11) is 1.66. The van der Waals surface area contributed by atoms with Gasteiger partial charge in [-0.05, 0) is 30.2 Å². The molecule has 280 valence electrons. The van der Waals surface area contributed by atoms with Gasteiger partial charge in [-0.2, -0.15) is 16.7 Å². The summed E-state index contributed by atoms with van der Waals surface area (Å²) >= 11 is 0.901. The number of ether oxygens (including phenoxy) is 1. The number of fused-ring (bicyclic) bond motifs is 1. The number of nitrogen functional groups attached to an aromatic ring is 1. The third-order valence-electron chi connectivity index (χ3n) is 8.70. The number of amides is 2. The molecule has 51 heavy (non-hydrogen) atoms. The number of hydrogen-bond donors (Lipinski definition) is 7. The molecule has 17 heteroatoms. The maximum absolute atomic E-state index is 12.9. The van der Waals surface area contributed by atoms with Crippen LogP contribution in [0.4, 0.5) is 11.8 Å². The molecule has 16 nitrogen and oxygen atoms in total. The van der Waals surface area contributed by atoms with Crippen molar-refractivity contribution >= 4 is 52.3 Å². The van der Waals surface area contributed by atoms with E-state index < -0.39 is 29.5 Å². The summed E-state index contributed by atoms with van der Waals surface area (Å²) in [5.74, 6) is -0.116. The molecule has 9 N–H and O–H groups in total. The highest BCUT2D eigenvalue weighted by Crippen LogP contribution is 2.28. The third kappa shape index (κ3) is 11.7. The number of hydrogen-bond acceptors (Lipinski definition) is 13. The van der Waals surface area contributed by atoms with E-state index in [1.165, 1.54) is 0 Å². The first-order valence-corrected chi connectivity index (χ1v) is 18.3. The summed E-state index contributed by atoms with van der Waals surface area (Å²) in [4.78, 5) is 49.2. The van der Waals surface area contributed by atoms with Crippen molar-refractivity contribution in [2.75, 3.05) is 63.2 Å². The average Bonchev–Trinajstić information content (AvgIpc) is 3.50. The van der Waals surface area contributed by atoms with E-state index in [1.54, 1.807) is 12.0 Å². The van der Waals surface area contributed by atoms with E-state index in [9.17, 15) is 24.6 Å². The number of nitrogens with one attached hydrogen (secondary N) is 2. The van der Waals surface area contributed by atoms with Crippen LogP contribution in [0, 0.1) is 0 Å². The molecular formula is C34H51N9O7S. The number of nitrogens with two attached hydrogens (primary N) is 2. The first-order chi connectivity index (χ1) is 24.5. The molecule has 2 atom stereocenters. The van der Waals surface area contributed by atoms with Gasteiger partial charge in [-0.25, -0.2) is 4.98 Å². The fourth-order valence-electron chi connectivity index (χ4n) is 5.88. The Hall–Kier alpha value is -4.16. The molecule has 0 saturated carbocycles. The Bertz CT molecular complexity index is 1610. The SMILES string of the molecule is CCCCCNc1nc(N)nc2ccn(Cc3cc(CN4CCN(C(=O)CCNC(=O)C[C@H](SC[C@H](N)C(=O)O)C(O)O)CC4)ccc3OC)c12. The number of benzene rings is 1. The summed E-state index contributed by atoms with van der Waals surface area (Å²) in [5, 5.41) is 33.2. The summed E-state index contributed by atoms with van der Waals surface area (Å²) in [5.41, 5.74) is 15.3. The van der Waals surface area contributed by atoms with Gasteiger partial charge in [0.05, 0.1) is 24.4 Å². The van der Waals surface area contributed by atoms with E-state index in [0.29, 0.717) is 45.1 Å². The fraction of sp³-hybridized carbons (Fsp3) is 0.559. The molecule has 0 unspecified atom stereocenters. The van der Waals surface area contributed by atoms with Gasteiger partial charge in [0.2, 0.25) is 17.8 Å². The maximum Gasteiger partial charge on any atom is 0.321 e. The molecule has 0 spiro atoms. The minimum absolute atomic E-state index is 0.0776. The van der Waals surface area contributed by atoms with E-state index in [0.717, 1.165) is 65.5 Å². The van der Waals surface area contributed by atoms with Crippen LogP contribution in [-0.4, -0.2) is 127 Å². The van der Waals surface area contributed by atoms with Gasteiger partial charge in [-0.15, -0.1) is 0 Å². The number of carboxylic acid groups (broad SMARTS) is 1. The number of carbonyl (C=O) groups is 3. The number of aliphatic carboxylic acids is 1. The van der Waals surface area contributed by atoms with E-state index in [2.05, 4.69) is 49.1 Å². The lowest BCUT2D eigenvalue weighted by atomic mass is 10.1. The van der Waals surface area contributed by atoms with Crippen molar-refractivity contribution in [2.45, 2.75) is 69.7 Å². The number of thioether (sulfide) groups is 1. The van der Waals surface area contributed by atoms with Crippen LogP contribution in [0.2, 0.25) is 0 Å². The van der Waals surface area contributed by atoms with Gasteiger partial charge in [0.1, 0.15) is 17.3 Å². The van der Waals surface area contributed by atoms with Gasteiger partial charge in [0.25, 0.3) is 0 Å². The lowest BCUT2D eigenvalue weighted by molar-refractivity contribution is -0.138. The highest BCUT2D eigenvalue weighted by Gasteiger charge is 2.25. The Labute approximate surface area is 301 Å². The number of piperazine rings is 1. The first-order valence-electron chi connectivity index (χ1n) is 17.2. The van der Waals surface area contributed by atoms with Gasteiger partial charge in [-0.3, -0.25) is 19.3 Å². The molecule has 3 aromatic rings. The lowest BCUT2D eigenvalue weighted by Gasteiger charge is -2.35. The largest absolute Gasteiger partial charge is 0.496 e. The molecule has 3 heterocycles. The zero-order valence-corrected chi connectivity index (χ0v) is 30.1. The van der Waals surface area contributed by atoms with Crippen molar-refractivity contribution in [3.63, 3.8) is 0 Å². The molecule has 1 aliphatic rings. The fourth-order valence-corrected chi connectivity index (χ4v) is 6.92. The minimum Gasteiger partial charge on any atom is -0.496 e. The number of methoxy groups -OCH3 is 1. The second kappa shape index (κ2) is 19.4. The summed E-state index contributed by atoms with van der Waals surface area (Å²) in [6, 6.07) is 6.94. The number of aliphatic hydroxyl groups excluding tert-OH is 1. The molecule has 1 fully saturated rings. The number of unbranched alkanes of at least 4 members (excludes halogenated alkanes) is 2. The van der Waals surface area contributed by atoms with Gasteiger partial charge >= 0.3 is 5.97 Å². The number of nitrogens with zero attached hydrogens (tertiary/aromatic N) is 5. The lowest BCUT2D eigenvalue weighted by Crippen LogP contribution is -2.48. The van der Waals surface area contributed by atoms with E-state index in [1.807, 2.05) is 18.3 Å². The van der Waals surface area contributed by atoms with Gasteiger partial charge < -0.3 is 51.6 Å². The van der Waals surface area contributed by atoms with Crippen LogP contribution in [0.1, 0.15) is 50.2 Å². The number of carboxylic acids is 1. The minimum atomic E-state index is -1.82. The molecule has 1 aliphatic heterocycles. The number of rotatable bonds is 20. The average molecular weight is 730 g/mol. The van der Waals surface area contributed by atoms with Crippen LogP contribution < -0.4 is 26.8 Å². The Balaban J connectivity index is 1.27. The Morgan fingerprint density at radius 1 is 1.06 bits per heavy atom. The van der Waals surface area contributed by atoms with Gasteiger partial charge in [-0.1, -0.05) is 25.8 Å². The highest BCUT2D eigenvalue weighted by molar-refractivity contribution is 8.00. The zero-order valence-electron chi connectivity index (χ0n) is 29.3. The highest BCUT2D eigenvalue weighted by atomic mass is 32.2. The van der Waals surface area contributed by atoms with Crippen molar-refractivity contribution in [1.82, 2.24) is 29.7 Å². The smallest absolute Gasteiger partial charge is 0.321 e. The molecule has 1 saturated heterocycles. The van der Waals surface area contributed by atoms with Crippen LogP contribution in [-0.2, 0) is 27.5 Å². The van der Waals surface area contributed by atoms with Crippen LogP contribution in [0.25, 0.3) is 11.0 Å². The first kappa shape index (κ1) is 39.6. The monoisotopic (exact) mass is 729 g/mol. The van der Waals surface area contributed by atoms with Crippen LogP contribution in [0.15, 0.2) is 30.5 Å². The van der Waals surface area contributed by atoms with E-state index in [-0.39, 0.29) is 37.0 Å². The molecule has 0 radical (unpaired) electrons. The second-order valence-electron chi connectivity index (χ2n) is 12.6. The standard InChI is InChI=1S/C34H51N9O7S/c1-3-4-5-10-38-31-30-25(39-34(36)40-31)9-12-43(30)20-23-17-22(6-7-26(23)50-2)19-41-13-15-42(16-14-41)29(45)8-11-37-28(44)18-27(33(48)49)51-21-24(35)32(46)47/h6-7,9,12,17,24,27,33,48-49H,3-5,8,10-11,13-16,18-21,35H2,1-2H3,(H,37,44)(H,46,47)(H3,36,38,39,40)/t24-,27-/m0/s1. The summed E-state index contributed by atoms with van der Waals surface area (Å²) < 4.78 is 7.83. The number of aromatic nitrogens is 3. The van der Waals surface area contributed by atoms with Crippen molar-refractivity contribution in [2.24, 2.45) is 5.73 Å². The quantitative estimate of drug-likeness (QED) is 0.0636. The Morgan fingerprint density at radius 2 is 1.82 bits per heavy atom. The predicted molar refractivity (Wildman–Crippen MR) is 196 cm³/mol. The Morgan fingerprint density at radius 3 is 2.51 bits per heavy atom. The van der Waals surface area contributed by atoms with Crippen molar-refractivity contribution in [3.8, 4) is 5.75 Å². The van der Waals surface area contributed by atoms with Crippen molar-refractivity contribution in [1.29, 1.82) is 0 Å². The molecule has 0 aliphatic carbocycles. The van der Waals surface area contributed by atoms with Crippen LogP contribution in [0.3, 0.4) is 0 Å². The predicted octanol–water partition coefficient (Wildman–Crippen LogP) is 1.04. The summed E-state index contributed by atoms with van der Waals surface area (Å²) in [6.45, 7) is 6.83. The molecule has 2 amide bonds.